The molecular weight excluding hydrogens is 194 g/mol. The molecule has 0 aliphatic rings. The SMILES string of the molecule is C=CCC[C@H](C)OC(=O)c1ncoc1C. The van der Waals surface area contributed by atoms with Gasteiger partial charge in [0, 0.05) is 0 Å². The van der Waals surface area contributed by atoms with E-state index in [1.54, 1.807) is 13.0 Å². The van der Waals surface area contributed by atoms with Crippen molar-refractivity contribution in [3.05, 3.63) is 30.5 Å². The van der Waals surface area contributed by atoms with Crippen molar-refractivity contribution >= 4 is 5.97 Å². The molecule has 4 nitrogen and oxygen atoms in total. The molecule has 4 heteroatoms. The molecule has 0 fully saturated rings. The van der Waals surface area contributed by atoms with E-state index in [-0.39, 0.29) is 11.8 Å². The number of carbonyl (C=O) groups excluding carboxylic acids is 1. The van der Waals surface area contributed by atoms with Gasteiger partial charge in [0.05, 0.1) is 6.10 Å². The van der Waals surface area contributed by atoms with E-state index >= 15 is 0 Å². The van der Waals surface area contributed by atoms with E-state index in [0.717, 1.165) is 12.8 Å². The molecule has 0 spiro atoms. The number of rotatable bonds is 5. The molecule has 1 aromatic rings. The summed E-state index contributed by atoms with van der Waals surface area (Å²) in [5.74, 6) is 0.0498. The molecule has 82 valence electrons. The quantitative estimate of drug-likeness (QED) is 0.552. The highest BCUT2D eigenvalue weighted by Gasteiger charge is 2.17. The first-order chi connectivity index (χ1) is 7.15. The van der Waals surface area contributed by atoms with E-state index in [4.69, 9.17) is 9.15 Å². The summed E-state index contributed by atoms with van der Waals surface area (Å²) in [5, 5.41) is 0. The lowest BCUT2D eigenvalue weighted by molar-refractivity contribution is 0.0318. The van der Waals surface area contributed by atoms with Gasteiger partial charge in [0.1, 0.15) is 5.76 Å². The summed E-state index contributed by atoms with van der Waals surface area (Å²) in [6.45, 7) is 7.13. The first kappa shape index (κ1) is 11.5. The van der Waals surface area contributed by atoms with Crippen LogP contribution in [0.3, 0.4) is 0 Å². The Kier molecular flexibility index (Phi) is 4.09. The van der Waals surface area contributed by atoms with Gasteiger partial charge in [-0.1, -0.05) is 6.08 Å². The van der Waals surface area contributed by atoms with Crippen LogP contribution in [0.25, 0.3) is 0 Å². The summed E-state index contributed by atoms with van der Waals surface area (Å²) in [4.78, 5) is 15.3. The van der Waals surface area contributed by atoms with Gasteiger partial charge in [-0.3, -0.25) is 0 Å². The van der Waals surface area contributed by atoms with Gasteiger partial charge < -0.3 is 9.15 Å². The molecule has 0 radical (unpaired) electrons. The monoisotopic (exact) mass is 209 g/mol. The number of esters is 1. The van der Waals surface area contributed by atoms with E-state index in [0.29, 0.717) is 5.76 Å². The van der Waals surface area contributed by atoms with Crippen molar-refractivity contribution in [2.45, 2.75) is 32.8 Å². The number of ether oxygens (including phenoxy) is 1. The Morgan fingerprint density at radius 2 is 2.53 bits per heavy atom. The van der Waals surface area contributed by atoms with Gasteiger partial charge in [0.15, 0.2) is 12.1 Å². The summed E-state index contributed by atoms with van der Waals surface area (Å²) >= 11 is 0. The van der Waals surface area contributed by atoms with Crippen molar-refractivity contribution in [2.24, 2.45) is 0 Å². The zero-order chi connectivity index (χ0) is 11.3. The van der Waals surface area contributed by atoms with Crippen molar-refractivity contribution < 1.29 is 13.9 Å². The maximum Gasteiger partial charge on any atom is 0.360 e. The summed E-state index contributed by atoms with van der Waals surface area (Å²) in [7, 11) is 0. The molecule has 0 aliphatic heterocycles. The van der Waals surface area contributed by atoms with Crippen molar-refractivity contribution in [1.29, 1.82) is 0 Å². The van der Waals surface area contributed by atoms with Gasteiger partial charge in [-0.25, -0.2) is 9.78 Å². The molecule has 0 saturated carbocycles. The Morgan fingerprint density at radius 3 is 3.07 bits per heavy atom. The van der Waals surface area contributed by atoms with Crippen LogP contribution in [0.2, 0.25) is 0 Å². The minimum Gasteiger partial charge on any atom is -0.458 e. The average Bonchev–Trinajstić information content (AvgIpc) is 2.61. The highest BCUT2D eigenvalue weighted by Crippen LogP contribution is 2.10. The van der Waals surface area contributed by atoms with Crippen LogP contribution in [0.1, 0.15) is 36.0 Å². The van der Waals surface area contributed by atoms with Gasteiger partial charge in [-0.05, 0) is 26.7 Å². The smallest absolute Gasteiger partial charge is 0.360 e. The summed E-state index contributed by atoms with van der Waals surface area (Å²) in [6, 6.07) is 0. The second-order valence-corrected chi connectivity index (χ2v) is 3.34. The molecule has 0 amide bonds. The number of hydrogen-bond donors (Lipinski definition) is 0. The van der Waals surface area contributed by atoms with Crippen molar-refractivity contribution in [3.8, 4) is 0 Å². The zero-order valence-electron chi connectivity index (χ0n) is 9.03. The van der Waals surface area contributed by atoms with Crippen LogP contribution in [-0.4, -0.2) is 17.1 Å². The van der Waals surface area contributed by atoms with Crippen LogP contribution in [0.15, 0.2) is 23.5 Å². The Morgan fingerprint density at radius 1 is 1.80 bits per heavy atom. The molecule has 0 saturated heterocycles. The lowest BCUT2D eigenvalue weighted by Crippen LogP contribution is -2.15. The molecule has 1 heterocycles. The van der Waals surface area contributed by atoms with Crippen LogP contribution >= 0.6 is 0 Å². The maximum absolute atomic E-state index is 11.5. The maximum atomic E-state index is 11.5. The van der Waals surface area contributed by atoms with Crippen LogP contribution in [0, 0.1) is 6.92 Å². The van der Waals surface area contributed by atoms with Crippen LogP contribution in [-0.2, 0) is 4.74 Å². The predicted molar refractivity (Wildman–Crippen MR) is 55.5 cm³/mol. The molecule has 1 atom stereocenters. The fraction of sp³-hybridized carbons (Fsp3) is 0.455. The number of aryl methyl sites for hydroxylation is 1. The highest BCUT2D eigenvalue weighted by atomic mass is 16.5. The zero-order valence-corrected chi connectivity index (χ0v) is 9.03. The van der Waals surface area contributed by atoms with Gasteiger partial charge in [-0.2, -0.15) is 0 Å². The standard InChI is InChI=1S/C11H15NO3/c1-4-5-6-8(2)15-11(13)10-9(3)14-7-12-10/h4,7-8H,1,5-6H2,2-3H3/t8-/m0/s1. The van der Waals surface area contributed by atoms with E-state index in [2.05, 4.69) is 11.6 Å². The molecule has 0 N–H and O–H groups in total. The van der Waals surface area contributed by atoms with E-state index < -0.39 is 5.97 Å². The second kappa shape index (κ2) is 5.34. The largest absolute Gasteiger partial charge is 0.458 e. The van der Waals surface area contributed by atoms with E-state index in [9.17, 15) is 4.79 Å². The van der Waals surface area contributed by atoms with E-state index in [1.165, 1.54) is 6.39 Å². The first-order valence-electron chi connectivity index (χ1n) is 4.87. The second-order valence-electron chi connectivity index (χ2n) is 3.34. The summed E-state index contributed by atoms with van der Waals surface area (Å²) in [6.07, 6.45) is 4.50. The van der Waals surface area contributed by atoms with Crippen molar-refractivity contribution in [2.75, 3.05) is 0 Å². The third-order valence-electron chi connectivity index (χ3n) is 2.02. The number of hydrogen-bond acceptors (Lipinski definition) is 4. The fourth-order valence-corrected chi connectivity index (χ4v) is 1.15. The van der Waals surface area contributed by atoms with Gasteiger partial charge in [-0.15, -0.1) is 6.58 Å². The van der Waals surface area contributed by atoms with Gasteiger partial charge in [0.2, 0.25) is 0 Å². The Balaban J connectivity index is 2.49. The van der Waals surface area contributed by atoms with Crippen LogP contribution in [0.4, 0.5) is 0 Å². The lowest BCUT2D eigenvalue weighted by atomic mass is 10.2. The number of oxazole rings is 1. The normalized spacial score (nSPS) is 12.1. The number of carbonyl (C=O) groups is 1. The topological polar surface area (TPSA) is 52.3 Å². The minimum atomic E-state index is -0.433. The number of allylic oxidation sites excluding steroid dienone is 1. The molecule has 0 aliphatic carbocycles. The van der Waals surface area contributed by atoms with E-state index in [1.807, 2.05) is 6.92 Å². The van der Waals surface area contributed by atoms with Gasteiger partial charge in [0.25, 0.3) is 0 Å². The van der Waals surface area contributed by atoms with Gasteiger partial charge >= 0.3 is 5.97 Å². The molecule has 15 heavy (non-hydrogen) atoms. The lowest BCUT2D eigenvalue weighted by Gasteiger charge is -2.10. The van der Waals surface area contributed by atoms with Crippen LogP contribution < -0.4 is 0 Å². The third kappa shape index (κ3) is 3.23. The number of aromatic nitrogens is 1. The minimum absolute atomic E-state index is 0.133. The molecule has 1 rings (SSSR count). The Bertz CT molecular complexity index is 343. The van der Waals surface area contributed by atoms with Crippen molar-refractivity contribution in [3.63, 3.8) is 0 Å². The fourth-order valence-electron chi connectivity index (χ4n) is 1.15. The third-order valence-corrected chi connectivity index (χ3v) is 2.02. The summed E-state index contributed by atoms with van der Waals surface area (Å²) in [5.41, 5.74) is 0.250. The predicted octanol–water partition coefficient (Wildman–Crippen LogP) is 2.49. The Hall–Kier alpha value is -1.58. The molecular formula is C11H15NO3. The van der Waals surface area contributed by atoms with Crippen LogP contribution in [0.5, 0.6) is 0 Å². The Labute approximate surface area is 89.0 Å². The summed E-state index contributed by atoms with van der Waals surface area (Å²) < 4.78 is 10.1. The highest BCUT2D eigenvalue weighted by molar-refractivity contribution is 5.88. The average molecular weight is 209 g/mol. The first-order valence-corrected chi connectivity index (χ1v) is 4.87. The molecule has 0 aromatic carbocycles. The molecule has 0 bridgehead atoms. The molecule has 0 unspecified atom stereocenters. The number of nitrogens with zero attached hydrogens (tertiary/aromatic N) is 1. The van der Waals surface area contributed by atoms with Crippen molar-refractivity contribution in [1.82, 2.24) is 4.98 Å². The molecule has 1 aromatic heterocycles.